The number of hydrogen-bond acceptors (Lipinski definition) is 3. The van der Waals surface area contributed by atoms with Gasteiger partial charge in [-0.2, -0.15) is 0 Å². The van der Waals surface area contributed by atoms with Gasteiger partial charge in [0, 0.05) is 18.1 Å². The normalized spacial score (nSPS) is 15.2. The fourth-order valence-corrected chi connectivity index (χ4v) is 3.77. The number of nitrogen functional groups attached to an aromatic ring is 1. The van der Waals surface area contributed by atoms with E-state index in [2.05, 4.69) is 17.1 Å². The summed E-state index contributed by atoms with van der Waals surface area (Å²) in [5, 5.41) is 3.96. The lowest BCUT2D eigenvalue weighted by Gasteiger charge is -2.33. The molecule has 0 radical (unpaired) electrons. The van der Waals surface area contributed by atoms with Crippen molar-refractivity contribution in [1.82, 2.24) is 0 Å². The first-order valence-corrected chi connectivity index (χ1v) is 9.59. The highest BCUT2D eigenvalue weighted by Crippen LogP contribution is 2.36. The lowest BCUT2D eigenvalue weighted by molar-refractivity contribution is 0.102. The molecule has 1 amide bonds. The van der Waals surface area contributed by atoms with E-state index in [1.165, 1.54) is 6.07 Å². The zero-order chi connectivity index (χ0) is 18.8. The Hall–Kier alpha value is -1.62. The van der Waals surface area contributed by atoms with E-state index in [4.69, 9.17) is 40.5 Å². The molecule has 3 rings (SSSR count). The first-order valence-electron chi connectivity index (χ1n) is 8.45. The number of nitrogens with one attached hydrogen (secondary N) is 1. The second-order valence-electron chi connectivity index (χ2n) is 6.64. The minimum Gasteiger partial charge on any atom is -0.397 e. The van der Waals surface area contributed by atoms with E-state index in [9.17, 15) is 4.79 Å². The highest BCUT2D eigenvalue weighted by Gasteiger charge is 2.20. The van der Waals surface area contributed by atoms with Gasteiger partial charge >= 0.3 is 0 Å². The third-order valence-electron chi connectivity index (χ3n) is 4.66. The Bertz CT molecular complexity index is 833. The monoisotopic (exact) mass is 411 g/mol. The van der Waals surface area contributed by atoms with E-state index in [1.54, 1.807) is 18.2 Å². The largest absolute Gasteiger partial charge is 0.397 e. The molecule has 1 fully saturated rings. The van der Waals surface area contributed by atoms with Gasteiger partial charge in [-0.3, -0.25) is 4.79 Å². The summed E-state index contributed by atoms with van der Waals surface area (Å²) in [7, 11) is 0. The quantitative estimate of drug-likeness (QED) is 0.634. The Balaban J connectivity index is 1.85. The second kappa shape index (κ2) is 7.95. The van der Waals surface area contributed by atoms with E-state index < -0.39 is 0 Å². The van der Waals surface area contributed by atoms with Gasteiger partial charge in [-0.1, -0.05) is 41.7 Å². The maximum absolute atomic E-state index is 12.6. The van der Waals surface area contributed by atoms with Gasteiger partial charge in [-0.05, 0) is 49.1 Å². The number of benzene rings is 2. The van der Waals surface area contributed by atoms with Gasteiger partial charge in [0.2, 0.25) is 0 Å². The fraction of sp³-hybridized carbons (Fsp3) is 0.316. The molecule has 0 aliphatic carbocycles. The lowest BCUT2D eigenvalue weighted by Crippen LogP contribution is -2.33. The minimum atomic E-state index is -0.350. The SMILES string of the molecule is CC1CCN(c2cc(NC(=O)c3ccc(Cl)cc3Cl)c(Cl)cc2N)CC1. The highest BCUT2D eigenvalue weighted by atomic mass is 35.5. The second-order valence-corrected chi connectivity index (χ2v) is 7.89. The Labute approximate surface area is 168 Å². The molecule has 1 aliphatic heterocycles. The smallest absolute Gasteiger partial charge is 0.257 e. The van der Waals surface area contributed by atoms with Crippen molar-refractivity contribution in [2.75, 3.05) is 29.0 Å². The van der Waals surface area contributed by atoms with E-state index >= 15 is 0 Å². The molecule has 0 bridgehead atoms. The molecule has 0 atom stereocenters. The van der Waals surface area contributed by atoms with Crippen LogP contribution in [-0.2, 0) is 0 Å². The van der Waals surface area contributed by atoms with Crippen molar-refractivity contribution >= 4 is 57.8 Å². The van der Waals surface area contributed by atoms with E-state index in [-0.39, 0.29) is 10.9 Å². The van der Waals surface area contributed by atoms with Gasteiger partial charge in [0.1, 0.15) is 0 Å². The summed E-state index contributed by atoms with van der Waals surface area (Å²) in [5.74, 6) is 0.363. The Morgan fingerprint density at radius 3 is 2.46 bits per heavy atom. The van der Waals surface area contributed by atoms with Crippen LogP contribution in [0.15, 0.2) is 30.3 Å². The summed E-state index contributed by atoms with van der Waals surface area (Å²) in [6, 6.07) is 8.23. The minimum absolute atomic E-state index is 0.284. The standard InChI is InChI=1S/C19H20Cl3N3O/c1-11-4-6-25(7-5-11)18-10-17(15(22)9-16(18)23)24-19(26)13-3-2-12(20)8-14(13)21/h2-3,8-11H,4-7,23H2,1H3,(H,24,26). The average molecular weight is 413 g/mol. The number of hydrogen-bond donors (Lipinski definition) is 2. The van der Waals surface area contributed by atoms with Crippen molar-refractivity contribution in [1.29, 1.82) is 0 Å². The molecule has 1 aliphatic rings. The maximum atomic E-state index is 12.6. The zero-order valence-corrected chi connectivity index (χ0v) is 16.6. The van der Waals surface area contributed by atoms with Crippen molar-refractivity contribution in [2.45, 2.75) is 19.8 Å². The predicted molar refractivity (Wildman–Crippen MR) is 111 cm³/mol. The van der Waals surface area contributed by atoms with Gasteiger partial charge < -0.3 is 16.0 Å². The number of piperidine rings is 1. The molecule has 1 saturated heterocycles. The molecule has 7 heteroatoms. The number of nitrogens with zero attached hydrogens (tertiary/aromatic N) is 1. The van der Waals surface area contributed by atoms with Crippen LogP contribution in [0.2, 0.25) is 15.1 Å². The molecule has 0 spiro atoms. The number of halogens is 3. The van der Waals surface area contributed by atoms with Crippen LogP contribution in [-0.4, -0.2) is 19.0 Å². The average Bonchev–Trinajstić information content (AvgIpc) is 2.58. The lowest BCUT2D eigenvalue weighted by atomic mass is 9.98. The molecular formula is C19H20Cl3N3O. The Morgan fingerprint density at radius 2 is 1.81 bits per heavy atom. The summed E-state index contributed by atoms with van der Waals surface area (Å²) >= 11 is 18.3. The van der Waals surface area contributed by atoms with Crippen LogP contribution < -0.4 is 16.0 Å². The molecule has 0 unspecified atom stereocenters. The zero-order valence-electron chi connectivity index (χ0n) is 14.4. The van der Waals surface area contributed by atoms with Gasteiger partial charge in [0.05, 0.1) is 32.7 Å². The summed E-state index contributed by atoms with van der Waals surface area (Å²) in [6.07, 6.45) is 2.23. The third kappa shape index (κ3) is 4.20. The molecule has 0 aromatic heterocycles. The molecule has 2 aromatic carbocycles. The van der Waals surface area contributed by atoms with Gasteiger partial charge in [0.25, 0.3) is 5.91 Å². The molecular weight excluding hydrogens is 393 g/mol. The van der Waals surface area contributed by atoms with Crippen LogP contribution in [0.25, 0.3) is 0 Å². The van der Waals surface area contributed by atoms with Crippen molar-refractivity contribution in [2.24, 2.45) is 5.92 Å². The van der Waals surface area contributed by atoms with Crippen molar-refractivity contribution < 1.29 is 4.79 Å². The van der Waals surface area contributed by atoms with E-state index in [0.29, 0.717) is 32.9 Å². The Morgan fingerprint density at radius 1 is 1.12 bits per heavy atom. The van der Waals surface area contributed by atoms with Crippen LogP contribution >= 0.6 is 34.8 Å². The molecule has 26 heavy (non-hydrogen) atoms. The van der Waals surface area contributed by atoms with Crippen molar-refractivity contribution in [3.63, 3.8) is 0 Å². The number of carbonyl (C=O) groups excluding carboxylic acids is 1. The Kier molecular flexibility index (Phi) is 5.86. The topological polar surface area (TPSA) is 58.4 Å². The fourth-order valence-electron chi connectivity index (χ4n) is 3.06. The van der Waals surface area contributed by atoms with Crippen LogP contribution in [0.3, 0.4) is 0 Å². The van der Waals surface area contributed by atoms with Crippen LogP contribution in [0, 0.1) is 5.92 Å². The number of amides is 1. The molecule has 2 aromatic rings. The molecule has 3 N–H and O–H groups in total. The highest BCUT2D eigenvalue weighted by molar-refractivity contribution is 6.38. The number of carbonyl (C=O) groups is 1. The first-order chi connectivity index (χ1) is 12.3. The maximum Gasteiger partial charge on any atom is 0.257 e. The van der Waals surface area contributed by atoms with Crippen LogP contribution in [0.4, 0.5) is 17.1 Å². The van der Waals surface area contributed by atoms with Crippen molar-refractivity contribution in [3.8, 4) is 0 Å². The summed E-state index contributed by atoms with van der Waals surface area (Å²) in [5.41, 5.74) is 8.49. The van der Waals surface area contributed by atoms with Gasteiger partial charge in [-0.25, -0.2) is 0 Å². The summed E-state index contributed by atoms with van der Waals surface area (Å²) in [6.45, 7) is 4.12. The van der Waals surface area contributed by atoms with Gasteiger partial charge in [0.15, 0.2) is 0 Å². The molecule has 138 valence electrons. The molecule has 4 nitrogen and oxygen atoms in total. The van der Waals surface area contributed by atoms with Crippen molar-refractivity contribution in [3.05, 3.63) is 51.0 Å². The van der Waals surface area contributed by atoms with E-state index in [0.717, 1.165) is 31.6 Å². The summed E-state index contributed by atoms with van der Waals surface area (Å²) < 4.78 is 0. The number of nitrogens with two attached hydrogens (primary N) is 1. The first kappa shape index (κ1) is 19.2. The van der Waals surface area contributed by atoms with E-state index in [1.807, 2.05) is 6.07 Å². The van der Waals surface area contributed by atoms with Crippen LogP contribution in [0.1, 0.15) is 30.1 Å². The molecule has 0 saturated carbocycles. The number of anilines is 3. The third-order valence-corrected chi connectivity index (χ3v) is 5.53. The van der Waals surface area contributed by atoms with Gasteiger partial charge in [-0.15, -0.1) is 0 Å². The summed E-state index contributed by atoms with van der Waals surface area (Å²) in [4.78, 5) is 14.8. The number of rotatable bonds is 3. The molecule has 1 heterocycles. The van der Waals surface area contributed by atoms with Crippen LogP contribution in [0.5, 0.6) is 0 Å². The predicted octanol–water partition coefficient (Wildman–Crippen LogP) is 5.72.